The fourth-order valence-corrected chi connectivity index (χ4v) is 4.87. The Morgan fingerprint density at radius 3 is 2.74 bits per heavy atom. The van der Waals surface area contributed by atoms with Crippen LogP contribution >= 0.6 is 11.6 Å². The minimum absolute atomic E-state index is 0.140. The molecule has 0 unspecified atom stereocenters. The van der Waals surface area contributed by atoms with Gasteiger partial charge in [-0.2, -0.15) is 10.1 Å². The van der Waals surface area contributed by atoms with Crippen molar-refractivity contribution >= 4 is 34.1 Å². The number of aryl methyl sites for hydroxylation is 2. The van der Waals surface area contributed by atoms with Crippen LogP contribution in [0.25, 0.3) is 16.7 Å². The molecule has 5 rings (SSSR count). The summed E-state index contributed by atoms with van der Waals surface area (Å²) in [5.74, 6) is 1.19. The molecule has 3 N–H and O–H groups in total. The zero-order chi connectivity index (χ0) is 23.8. The standard InChI is InChI=1S/C25H30ClN7O/c1-15-17(13-28-18-4-7-20(34)8-5-18)14-33(31-15)23-10-11-27-25(30-23)29-19-6-9-22-21(12-19)24(26)16(2)32(22)3/h6,9-12,14,18,20,28,34H,4-5,7-8,13H2,1-3H3,(H,27,29,30). The van der Waals surface area contributed by atoms with Gasteiger partial charge in [0.1, 0.15) is 0 Å². The lowest BCUT2D eigenvalue weighted by Gasteiger charge is -2.26. The quantitative estimate of drug-likeness (QED) is 0.375. The van der Waals surface area contributed by atoms with Crippen LogP contribution in [0.2, 0.25) is 5.02 Å². The molecule has 0 saturated heterocycles. The van der Waals surface area contributed by atoms with Gasteiger partial charge in [0, 0.05) is 65.9 Å². The predicted molar refractivity (Wildman–Crippen MR) is 135 cm³/mol. The molecule has 0 bridgehead atoms. The molecule has 0 radical (unpaired) electrons. The van der Waals surface area contributed by atoms with E-state index in [1.807, 2.05) is 51.4 Å². The van der Waals surface area contributed by atoms with Crippen molar-refractivity contribution in [2.75, 3.05) is 5.32 Å². The number of hydrogen-bond acceptors (Lipinski definition) is 6. The van der Waals surface area contributed by atoms with Crippen LogP contribution in [0.15, 0.2) is 36.7 Å². The van der Waals surface area contributed by atoms with Crippen LogP contribution < -0.4 is 10.6 Å². The molecule has 178 valence electrons. The van der Waals surface area contributed by atoms with E-state index in [2.05, 4.69) is 30.3 Å². The van der Waals surface area contributed by atoms with E-state index in [0.717, 1.165) is 70.8 Å². The second kappa shape index (κ2) is 9.37. The topological polar surface area (TPSA) is 92.8 Å². The van der Waals surface area contributed by atoms with E-state index >= 15 is 0 Å². The molecule has 8 nitrogen and oxygen atoms in total. The normalized spacial score (nSPS) is 18.5. The van der Waals surface area contributed by atoms with Crippen LogP contribution in [0.3, 0.4) is 0 Å². The minimum atomic E-state index is -0.140. The second-order valence-electron chi connectivity index (χ2n) is 9.12. The Kier molecular flexibility index (Phi) is 6.29. The largest absolute Gasteiger partial charge is 0.393 e. The molecule has 0 spiro atoms. The molecule has 0 aliphatic heterocycles. The van der Waals surface area contributed by atoms with Crippen LogP contribution in [-0.2, 0) is 13.6 Å². The number of halogens is 1. The van der Waals surface area contributed by atoms with E-state index in [1.54, 1.807) is 10.9 Å². The van der Waals surface area contributed by atoms with E-state index in [4.69, 9.17) is 11.6 Å². The molecule has 1 aromatic carbocycles. The monoisotopic (exact) mass is 479 g/mol. The summed E-state index contributed by atoms with van der Waals surface area (Å²) in [6, 6.07) is 8.36. The number of fused-ring (bicyclic) bond motifs is 1. The van der Waals surface area contributed by atoms with E-state index in [0.29, 0.717) is 17.8 Å². The fraction of sp³-hybridized carbons (Fsp3) is 0.400. The molecule has 1 saturated carbocycles. The van der Waals surface area contributed by atoms with Crippen molar-refractivity contribution in [2.45, 2.75) is 58.2 Å². The predicted octanol–water partition coefficient (Wildman–Crippen LogP) is 4.56. The number of benzene rings is 1. The van der Waals surface area contributed by atoms with Gasteiger partial charge in [-0.1, -0.05) is 11.6 Å². The van der Waals surface area contributed by atoms with Crippen LogP contribution in [0.5, 0.6) is 0 Å². The SMILES string of the molecule is Cc1nn(-c2ccnc(Nc3ccc4c(c3)c(Cl)c(C)n4C)n2)cc1CNC1CCC(O)CC1. The van der Waals surface area contributed by atoms with Gasteiger partial charge in [0.15, 0.2) is 5.82 Å². The maximum Gasteiger partial charge on any atom is 0.229 e. The lowest BCUT2D eigenvalue weighted by Crippen LogP contribution is -2.34. The Morgan fingerprint density at radius 1 is 1.15 bits per heavy atom. The van der Waals surface area contributed by atoms with E-state index in [1.165, 1.54) is 0 Å². The first-order valence-electron chi connectivity index (χ1n) is 11.7. The summed E-state index contributed by atoms with van der Waals surface area (Å²) in [7, 11) is 2.01. The van der Waals surface area contributed by atoms with Gasteiger partial charge in [-0.15, -0.1) is 0 Å². The molecule has 9 heteroatoms. The fourth-order valence-electron chi connectivity index (χ4n) is 4.59. The van der Waals surface area contributed by atoms with E-state index < -0.39 is 0 Å². The molecular formula is C25H30ClN7O. The van der Waals surface area contributed by atoms with Gasteiger partial charge in [0.05, 0.1) is 16.8 Å². The summed E-state index contributed by atoms with van der Waals surface area (Å²) in [5, 5.41) is 23.0. The number of aliphatic hydroxyl groups is 1. The maximum atomic E-state index is 9.71. The van der Waals surface area contributed by atoms with E-state index in [-0.39, 0.29) is 6.10 Å². The summed E-state index contributed by atoms with van der Waals surface area (Å²) < 4.78 is 3.88. The number of rotatable bonds is 6. The molecule has 0 amide bonds. The Bertz CT molecular complexity index is 1320. The van der Waals surface area contributed by atoms with Crippen LogP contribution in [0, 0.1) is 13.8 Å². The van der Waals surface area contributed by atoms with Gasteiger partial charge in [0.2, 0.25) is 5.95 Å². The van der Waals surface area contributed by atoms with Gasteiger partial charge < -0.3 is 20.3 Å². The number of aromatic nitrogens is 5. The first kappa shape index (κ1) is 22.8. The molecule has 3 heterocycles. The zero-order valence-corrected chi connectivity index (χ0v) is 20.5. The summed E-state index contributed by atoms with van der Waals surface area (Å²) in [6.07, 6.45) is 7.36. The number of hydrogen-bond donors (Lipinski definition) is 3. The molecular weight excluding hydrogens is 450 g/mol. The summed E-state index contributed by atoms with van der Waals surface area (Å²) in [6.45, 7) is 4.77. The van der Waals surface area contributed by atoms with Crippen molar-refractivity contribution in [1.29, 1.82) is 0 Å². The van der Waals surface area contributed by atoms with Gasteiger partial charge in [-0.3, -0.25) is 0 Å². The lowest BCUT2D eigenvalue weighted by atomic mass is 9.93. The highest BCUT2D eigenvalue weighted by atomic mass is 35.5. The third kappa shape index (κ3) is 4.53. The number of nitrogens with zero attached hydrogens (tertiary/aromatic N) is 5. The van der Waals surface area contributed by atoms with Crippen molar-refractivity contribution in [3.8, 4) is 5.82 Å². The van der Waals surface area contributed by atoms with Crippen LogP contribution in [0.1, 0.15) is 42.6 Å². The Balaban J connectivity index is 1.31. The average Bonchev–Trinajstić information content (AvgIpc) is 3.32. The second-order valence-corrected chi connectivity index (χ2v) is 9.50. The summed E-state index contributed by atoms with van der Waals surface area (Å²) in [4.78, 5) is 9.05. The molecule has 4 aromatic rings. The third-order valence-electron chi connectivity index (χ3n) is 6.83. The molecule has 0 atom stereocenters. The number of anilines is 2. The maximum absolute atomic E-state index is 9.71. The Labute approximate surface area is 204 Å². The average molecular weight is 480 g/mol. The van der Waals surface area contributed by atoms with Gasteiger partial charge >= 0.3 is 0 Å². The van der Waals surface area contributed by atoms with E-state index in [9.17, 15) is 5.11 Å². The molecule has 1 aliphatic rings. The Morgan fingerprint density at radius 2 is 1.94 bits per heavy atom. The van der Waals surface area contributed by atoms with Crippen molar-refractivity contribution in [1.82, 2.24) is 29.6 Å². The highest BCUT2D eigenvalue weighted by molar-refractivity contribution is 6.36. The van der Waals surface area contributed by atoms with Crippen molar-refractivity contribution in [2.24, 2.45) is 7.05 Å². The van der Waals surface area contributed by atoms with Crippen molar-refractivity contribution in [3.63, 3.8) is 0 Å². The third-order valence-corrected chi connectivity index (χ3v) is 7.30. The van der Waals surface area contributed by atoms with Gasteiger partial charge in [0.25, 0.3) is 0 Å². The smallest absolute Gasteiger partial charge is 0.229 e. The summed E-state index contributed by atoms with van der Waals surface area (Å²) >= 11 is 6.52. The minimum Gasteiger partial charge on any atom is -0.393 e. The number of nitrogens with one attached hydrogen (secondary N) is 2. The van der Waals surface area contributed by atoms with Crippen molar-refractivity contribution in [3.05, 3.63) is 58.6 Å². The van der Waals surface area contributed by atoms with Gasteiger partial charge in [-0.05, 0) is 57.7 Å². The van der Waals surface area contributed by atoms with Crippen LogP contribution in [0.4, 0.5) is 11.6 Å². The molecule has 1 fully saturated rings. The molecule has 34 heavy (non-hydrogen) atoms. The highest BCUT2D eigenvalue weighted by Gasteiger charge is 2.19. The first-order valence-corrected chi connectivity index (χ1v) is 12.1. The Hall–Kier alpha value is -2.94. The van der Waals surface area contributed by atoms with Gasteiger partial charge in [-0.25, -0.2) is 9.67 Å². The number of aliphatic hydroxyl groups excluding tert-OH is 1. The zero-order valence-electron chi connectivity index (χ0n) is 19.7. The molecule has 1 aliphatic carbocycles. The highest BCUT2D eigenvalue weighted by Crippen LogP contribution is 2.32. The van der Waals surface area contributed by atoms with Crippen LogP contribution in [-0.4, -0.2) is 41.6 Å². The first-order chi connectivity index (χ1) is 16.4. The summed E-state index contributed by atoms with van der Waals surface area (Å²) in [5.41, 5.74) is 5.10. The molecule has 3 aromatic heterocycles. The van der Waals surface area contributed by atoms with Crippen molar-refractivity contribution < 1.29 is 5.11 Å². The lowest BCUT2D eigenvalue weighted by molar-refractivity contribution is 0.116.